The molecule has 3 heteroatoms. The van der Waals surface area contributed by atoms with Crippen molar-refractivity contribution in [2.45, 2.75) is 64.4 Å². The number of hydrogen-bond acceptors (Lipinski definition) is 2. The molecular weight excluding hydrogens is 228 g/mol. The van der Waals surface area contributed by atoms with E-state index in [1.807, 2.05) is 0 Å². The largest absolute Gasteiger partial charge is 0.481 e. The lowest BCUT2D eigenvalue weighted by Crippen LogP contribution is -2.36. The van der Waals surface area contributed by atoms with E-state index >= 15 is 0 Å². The average Bonchev–Trinajstić information content (AvgIpc) is 2.38. The highest BCUT2D eigenvalue weighted by Gasteiger charge is 2.37. The molecule has 2 aliphatic carbocycles. The Kier molecular flexibility index (Phi) is 5.04. The molecule has 0 aliphatic heterocycles. The summed E-state index contributed by atoms with van der Waals surface area (Å²) in [5.74, 6) is 0.699. The van der Waals surface area contributed by atoms with Crippen LogP contribution >= 0.6 is 0 Å². The van der Waals surface area contributed by atoms with Crippen molar-refractivity contribution in [2.75, 3.05) is 6.61 Å². The summed E-state index contributed by atoms with van der Waals surface area (Å²) in [7, 11) is 0. The summed E-state index contributed by atoms with van der Waals surface area (Å²) in [4.78, 5) is 11.0. The van der Waals surface area contributed by atoms with E-state index in [2.05, 4.69) is 6.92 Å². The van der Waals surface area contributed by atoms with Crippen LogP contribution in [0, 0.1) is 17.8 Å². The van der Waals surface area contributed by atoms with Crippen molar-refractivity contribution >= 4 is 5.97 Å². The highest BCUT2D eigenvalue weighted by atomic mass is 16.5. The number of carbonyl (C=O) groups is 1. The Balaban J connectivity index is 1.77. The van der Waals surface area contributed by atoms with E-state index < -0.39 is 5.97 Å². The van der Waals surface area contributed by atoms with E-state index in [4.69, 9.17) is 9.84 Å². The van der Waals surface area contributed by atoms with Crippen molar-refractivity contribution in [3.63, 3.8) is 0 Å². The molecule has 0 aromatic heterocycles. The number of aliphatic carboxylic acids is 1. The third-order valence-electron chi connectivity index (χ3n) is 4.77. The van der Waals surface area contributed by atoms with Gasteiger partial charge in [-0.25, -0.2) is 0 Å². The van der Waals surface area contributed by atoms with Crippen LogP contribution in [0.25, 0.3) is 0 Å². The first kappa shape index (κ1) is 13.9. The second-order valence-corrected chi connectivity index (χ2v) is 6.03. The molecule has 0 bridgehead atoms. The maximum absolute atomic E-state index is 11.0. The zero-order valence-corrected chi connectivity index (χ0v) is 11.4. The molecule has 2 rings (SSSR count). The van der Waals surface area contributed by atoms with E-state index in [0.717, 1.165) is 44.6 Å². The van der Waals surface area contributed by atoms with Gasteiger partial charge in [-0.1, -0.05) is 13.3 Å². The maximum atomic E-state index is 11.0. The Morgan fingerprint density at radius 2 is 1.89 bits per heavy atom. The summed E-state index contributed by atoms with van der Waals surface area (Å²) in [6, 6.07) is 0. The van der Waals surface area contributed by atoms with Crippen molar-refractivity contribution in [1.29, 1.82) is 0 Å². The molecule has 2 saturated carbocycles. The van der Waals surface area contributed by atoms with Crippen molar-refractivity contribution < 1.29 is 14.6 Å². The number of carboxylic acid groups (broad SMARTS) is 1. The molecule has 0 saturated heterocycles. The fraction of sp³-hybridized carbons (Fsp3) is 0.933. The average molecular weight is 254 g/mol. The number of hydrogen-bond donors (Lipinski definition) is 1. The number of unbranched alkanes of at least 4 members (excludes halogenated alkanes) is 1. The first-order chi connectivity index (χ1) is 8.70. The maximum Gasteiger partial charge on any atom is 0.306 e. The minimum Gasteiger partial charge on any atom is -0.481 e. The first-order valence-electron chi connectivity index (χ1n) is 7.55. The normalized spacial score (nSPS) is 36.1. The summed E-state index contributed by atoms with van der Waals surface area (Å²) < 4.78 is 5.93. The molecule has 1 N–H and O–H groups in total. The molecule has 0 heterocycles. The lowest BCUT2D eigenvalue weighted by molar-refractivity contribution is -0.144. The Labute approximate surface area is 110 Å². The molecule has 2 fully saturated rings. The van der Waals surface area contributed by atoms with E-state index in [0.29, 0.717) is 12.0 Å². The van der Waals surface area contributed by atoms with Gasteiger partial charge in [0.2, 0.25) is 0 Å². The van der Waals surface area contributed by atoms with Crippen molar-refractivity contribution in [3.05, 3.63) is 0 Å². The zero-order valence-electron chi connectivity index (χ0n) is 11.4. The topological polar surface area (TPSA) is 46.5 Å². The number of carboxylic acids is 1. The Morgan fingerprint density at radius 1 is 1.17 bits per heavy atom. The van der Waals surface area contributed by atoms with Crippen LogP contribution in [0.2, 0.25) is 0 Å². The van der Waals surface area contributed by atoms with Gasteiger partial charge in [-0.05, 0) is 56.8 Å². The summed E-state index contributed by atoms with van der Waals surface area (Å²) in [6.07, 6.45) is 9.14. The van der Waals surface area contributed by atoms with Crippen LogP contribution in [0.15, 0.2) is 0 Å². The standard InChI is InChI=1S/C15H26O3/c1-2-3-8-18-14-7-6-11-9-13(15(16)17)5-4-12(11)10-14/h11-14H,2-10H2,1H3,(H,16,17). The summed E-state index contributed by atoms with van der Waals surface area (Å²) in [6.45, 7) is 3.09. The minimum absolute atomic E-state index is 0.0798. The van der Waals surface area contributed by atoms with Crippen LogP contribution in [-0.4, -0.2) is 23.8 Å². The fourth-order valence-electron chi connectivity index (χ4n) is 3.62. The number of fused-ring (bicyclic) bond motifs is 1. The minimum atomic E-state index is -0.588. The molecule has 0 aromatic rings. The highest BCUT2D eigenvalue weighted by Crippen LogP contribution is 2.43. The quantitative estimate of drug-likeness (QED) is 0.764. The van der Waals surface area contributed by atoms with Gasteiger partial charge in [0.1, 0.15) is 0 Å². The SMILES string of the molecule is CCCCOC1CCC2CC(C(=O)O)CCC2C1. The third-order valence-corrected chi connectivity index (χ3v) is 4.77. The Hall–Kier alpha value is -0.570. The van der Waals surface area contributed by atoms with Crippen molar-refractivity contribution in [1.82, 2.24) is 0 Å². The Bertz CT molecular complexity index is 277. The van der Waals surface area contributed by atoms with Gasteiger partial charge < -0.3 is 9.84 Å². The molecule has 4 atom stereocenters. The van der Waals surface area contributed by atoms with Gasteiger partial charge in [0.05, 0.1) is 12.0 Å². The third kappa shape index (κ3) is 3.47. The molecule has 0 amide bonds. The second kappa shape index (κ2) is 6.55. The van der Waals surface area contributed by atoms with E-state index in [1.165, 1.54) is 19.3 Å². The second-order valence-electron chi connectivity index (χ2n) is 6.03. The van der Waals surface area contributed by atoms with Crippen LogP contribution in [0.1, 0.15) is 58.3 Å². The lowest BCUT2D eigenvalue weighted by Gasteiger charge is -2.41. The van der Waals surface area contributed by atoms with Crippen LogP contribution in [0.4, 0.5) is 0 Å². The van der Waals surface area contributed by atoms with Gasteiger partial charge in [-0.2, -0.15) is 0 Å². The predicted octanol–water partition coefficient (Wildman–Crippen LogP) is 3.47. The molecule has 18 heavy (non-hydrogen) atoms. The molecule has 3 nitrogen and oxygen atoms in total. The summed E-state index contributed by atoms with van der Waals surface area (Å²) in [5, 5.41) is 9.10. The molecule has 104 valence electrons. The van der Waals surface area contributed by atoms with E-state index in [1.54, 1.807) is 0 Å². The van der Waals surface area contributed by atoms with Gasteiger partial charge >= 0.3 is 5.97 Å². The highest BCUT2D eigenvalue weighted by molar-refractivity contribution is 5.70. The van der Waals surface area contributed by atoms with Gasteiger partial charge in [0.15, 0.2) is 0 Å². The van der Waals surface area contributed by atoms with Gasteiger partial charge in [-0.15, -0.1) is 0 Å². The first-order valence-corrected chi connectivity index (χ1v) is 7.55. The van der Waals surface area contributed by atoms with Crippen LogP contribution in [0.3, 0.4) is 0 Å². The Morgan fingerprint density at radius 3 is 2.61 bits per heavy atom. The van der Waals surface area contributed by atoms with Gasteiger partial charge in [-0.3, -0.25) is 4.79 Å². The van der Waals surface area contributed by atoms with Crippen LogP contribution in [-0.2, 0) is 9.53 Å². The summed E-state index contributed by atoms with van der Waals surface area (Å²) in [5.41, 5.74) is 0. The summed E-state index contributed by atoms with van der Waals surface area (Å²) >= 11 is 0. The smallest absolute Gasteiger partial charge is 0.306 e. The monoisotopic (exact) mass is 254 g/mol. The van der Waals surface area contributed by atoms with E-state index in [9.17, 15) is 4.79 Å². The van der Waals surface area contributed by atoms with Gasteiger partial charge in [0.25, 0.3) is 0 Å². The molecular formula is C15H26O3. The zero-order chi connectivity index (χ0) is 13.0. The van der Waals surface area contributed by atoms with Crippen LogP contribution < -0.4 is 0 Å². The van der Waals surface area contributed by atoms with Crippen LogP contribution in [0.5, 0.6) is 0 Å². The van der Waals surface area contributed by atoms with Crippen molar-refractivity contribution in [3.8, 4) is 0 Å². The molecule has 2 aliphatic rings. The van der Waals surface area contributed by atoms with Crippen molar-refractivity contribution in [2.24, 2.45) is 17.8 Å². The lowest BCUT2D eigenvalue weighted by atomic mass is 9.67. The number of ether oxygens (including phenoxy) is 1. The molecule has 4 unspecified atom stereocenters. The molecule has 0 radical (unpaired) electrons. The molecule has 0 spiro atoms. The number of rotatable bonds is 5. The predicted molar refractivity (Wildman–Crippen MR) is 70.5 cm³/mol. The van der Waals surface area contributed by atoms with E-state index in [-0.39, 0.29) is 5.92 Å². The van der Waals surface area contributed by atoms with Gasteiger partial charge in [0, 0.05) is 6.61 Å². The molecule has 0 aromatic carbocycles. The fourth-order valence-corrected chi connectivity index (χ4v) is 3.62.